The molecule has 1 amide bonds. The van der Waals surface area contributed by atoms with Crippen molar-refractivity contribution < 1.29 is 13.9 Å². The molecule has 0 saturated heterocycles. The Morgan fingerprint density at radius 1 is 1.55 bits per heavy atom. The highest BCUT2D eigenvalue weighted by Gasteiger charge is 2.45. The van der Waals surface area contributed by atoms with Crippen LogP contribution in [0.4, 0.5) is 4.39 Å². The quantitative estimate of drug-likeness (QED) is 0.845. The second-order valence-electron chi connectivity index (χ2n) is 4.97. The average molecular weight is 303 g/mol. The van der Waals surface area contributed by atoms with Crippen molar-refractivity contribution in [2.24, 2.45) is 5.73 Å². The van der Waals surface area contributed by atoms with E-state index in [9.17, 15) is 9.18 Å². The molecule has 0 aromatic heterocycles. The lowest BCUT2D eigenvalue weighted by Crippen LogP contribution is -2.46. The zero-order chi connectivity index (χ0) is 13.9. The molecule has 2 rings (SSSR count). The highest BCUT2D eigenvalue weighted by molar-refractivity contribution is 5.88. The SMILES string of the molecule is CCC(CNC(=O)C1(N)CC1)Oc1cccc(F)c1.Cl. The van der Waals surface area contributed by atoms with Gasteiger partial charge in [0, 0.05) is 6.07 Å². The lowest BCUT2D eigenvalue weighted by atomic mass is 10.2. The van der Waals surface area contributed by atoms with Gasteiger partial charge in [-0.05, 0) is 31.4 Å². The molecule has 6 heteroatoms. The van der Waals surface area contributed by atoms with Gasteiger partial charge in [-0.15, -0.1) is 12.4 Å². The van der Waals surface area contributed by atoms with Crippen LogP contribution in [0.2, 0.25) is 0 Å². The Balaban J connectivity index is 0.00000200. The van der Waals surface area contributed by atoms with E-state index in [2.05, 4.69) is 5.32 Å². The molecule has 0 spiro atoms. The first-order valence-electron chi connectivity index (χ1n) is 6.53. The van der Waals surface area contributed by atoms with Gasteiger partial charge in [-0.2, -0.15) is 0 Å². The smallest absolute Gasteiger partial charge is 0.240 e. The Labute approximate surface area is 124 Å². The molecule has 112 valence electrons. The minimum atomic E-state index is -0.669. The number of amides is 1. The van der Waals surface area contributed by atoms with Crippen LogP contribution in [0.25, 0.3) is 0 Å². The maximum atomic E-state index is 13.0. The number of nitrogens with one attached hydrogen (secondary N) is 1. The van der Waals surface area contributed by atoms with E-state index >= 15 is 0 Å². The summed E-state index contributed by atoms with van der Waals surface area (Å²) in [5.41, 5.74) is 5.12. The monoisotopic (exact) mass is 302 g/mol. The van der Waals surface area contributed by atoms with Gasteiger partial charge < -0.3 is 15.8 Å². The lowest BCUT2D eigenvalue weighted by Gasteiger charge is -2.19. The van der Waals surface area contributed by atoms with Crippen LogP contribution in [0, 0.1) is 5.82 Å². The van der Waals surface area contributed by atoms with Gasteiger partial charge >= 0.3 is 0 Å². The molecule has 0 bridgehead atoms. The molecule has 4 nitrogen and oxygen atoms in total. The molecule has 1 aromatic carbocycles. The Bertz CT molecular complexity index is 466. The molecule has 0 aliphatic heterocycles. The highest BCUT2D eigenvalue weighted by Crippen LogP contribution is 2.32. The number of ether oxygens (including phenoxy) is 1. The van der Waals surface area contributed by atoms with Crippen molar-refractivity contribution in [2.75, 3.05) is 6.54 Å². The van der Waals surface area contributed by atoms with E-state index in [1.54, 1.807) is 12.1 Å². The van der Waals surface area contributed by atoms with Gasteiger partial charge in [0.1, 0.15) is 17.7 Å². The number of carbonyl (C=O) groups excluding carboxylic acids is 1. The first kappa shape index (κ1) is 16.7. The van der Waals surface area contributed by atoms with Gasteiger partial charge in [-0.1, -0.05) is 13.0 Å². The second kappa shape index (κ2) is 6.90. The van der Waals surface area contributed by atoms with Gasteiger partial charge in [-0.25, -0.2) is 4.39 Å². The van der Waals surface area contributed by atoms with Crippen LogP contribution >= 0.6 is 12.4 Å². The van der Waals surface area contributed by atoms with Crippen LogP contribution in [0.1, 0.15) is 26.2 Å². The van der Waals surface area contributed by atoms with Crippen LogP contribution in [0.15, 0.2) is 24.3 Å². The molecule has 1 unspecified atom stereocenters. The standard InChI is InChI=1S/C14H19FN2O2.ClH/c1-2-11(9-17-13(18)14(16)6-7-14)19-12-5-3-4-10(15)8-12;/h3-5,8,11H,2,6-7,9,16H2,1H3,(H,17,18);1H. The summed E-state index contributed by atoms with van der Waals surface area (Å²) in [6.07, 6.45) is 2.00. The lowest BCUT2D eigenvalue weighted by molar-refractivity contribution is -0.123. The van der Waals surface area contributed by atoms with Gasteiger partial charge in [0.25, 0.3) is 0 Å². The van der Waals surface area contributed by atoms with Crippen molar-refractivity contribution in [2.45, 2.75) is 37.8 Å². The van der Waals surface area contributed by atoms with Crippen molar-refractivity contribution in [1.82, 2.24) is 5.32 Å². The molecule has 0 heterocycles. The fourth-order valence-electron chi connectivity index (χ4n) is 1.75. The topological polar surface area (TPSA) is 64.4 Å². The summed E-state index contributed by atoms with van der Waals surface area (Å²) in [6, 6.07) is 5.98. The summed E-state index contributed by atoms with van der Waals surface area (Å²) in [4.78, 5) is 11.7. The molecule has 1 aromatic rings. The minimum Gasteiger partial charge on any atom is -0.489 e. The van der Waals surface area contributed by atoms with Gasteiger partial charge in [0.05, 0.1) is 12.1 Å². The van der Waals surface area contributed by atoms with Crippen molar-refractivity contribution in [3.05, 3.63) is 30.1 Å². The van der Waals surface area contributed by atoms with Gasteiger partial charge in [0.15, 0.2) is 0 Å². The predicted octanol–water partition coefficient (Wildman–Crippen LogP) is 2.01. The molecule has 1 fully saturated rings. The molecule has 20 heavy (non-hydrogen) atoms. The van der Waals surface area contributed by atoms with E-state index in [-0.39, 0.29) is 30.2 Å². The normalized spacial score (nSPS) is 16.8. The van der Waals surface area contributed by atoms with Crippen molar-refractivity contribution >= 4 is 18.3 Å². The summed E-state index contributed by atoms with van der Waals surface area (Å²) in [6.45, 7) is 2.33. The molecule has 1 atom stereocenters. The van der Waals surface area contributed by atoms with E-state index in [1.165, 1.54) is 12.1 Å². The van der Waals surface area contributed by atoms with Crippen molar-refractivity contribution in [3.63, 3.8) is 0 Å². The third kappa shape index (κ3) is 4.35. The molecule has 0 radical (unpaired) electrons. The highest BCUT2D eigenvalue weighted by atomic mass is 35.5. The number of hydrogen-bond donors (Lipinski definition) is 2. The first-order chi connectivity index (χ1) is 9.03. The van der Waals surface area contributed by atoms with Crippen molar-refractivity contribution in [3.8, 4) is 5.75 Å². The summed E-state index contributed by atoms with van der Waals surface area (Å²) >= 11 is 0. The zero-order valence-corrected chi connectivity index (χ0v) is 12.2. The third-order valence-corrected chi connectivity index (χ3v) is 3.29. The average Bonchev–Trinajstić information content (AvgIpc) is 3.13. The van der Waals surface area contributed by atoms with Crippen LogP contribution in [-0.2, 0) is 4.79 Å². The number of rotatable bonds is 6. The molecular formula is C14H20ClFN2O2. The Kier molecular flexibility index (Phi) is 5.77. The third-order valence-electron chi connectivity index (χ3n) is 3.29. The molecular weight excluding hydrogens is 283 g/mol. The van der Waals surface area contributed by atoms with Gasteiger partial charge in [-0.3, -0.25) is 4.79 Å². The van der Waals surface area contributed by atoms with Crippen LogP contribution < -0.4 is 15.8 Å². The molecule has 1 aliphatic rings. The van der Waals surface area contributed by atoms with E-state index < -0.39 is 5.54 Å². The summed E-state index contributed by atoms with van der Waals surface area (Å²) in [5, 5.41) is 2.79. The first-order valence-corrected chi connectivity index (χ1v) is 6.53. The summed E-state index contributed by atoms with van der Waals surface area (Å²) < 4.78 is 18.7. The largest absolute Gasteiger partial charge is 0.489 e. The molecule has 1 saturated carbocycles. The van der Waals surface area contributed by atoms with E-state index in [0.29, 0.717) is 18.7 Å². The van der Waals surface area contributed by atoms with E-state index in [0.717, 1.165) is 12.8 Å². The van der Waals surface area contributed by atoms with E-state index in [4.69, 9.17) is 10.5 Å². The van der Waals surface area contributed by atoms with Crippen molar-refractivity contribution in [1.29, 1.82) is 0 Å². The maximum Gasteiger partial charge on any atom is 0.240 e. The van der Waals surface area contributed by atoms with Crippen LogP contribution in [0.5, 0.6) is 5.75 Å². The minimum absolute atomic E-state index is 0. The Hall–Kier alpha value is -1.33. The number of benzene rings is 1. The number of carbonyl (C=O) groups is 1. The molecule has 3 N–H and O–H groups in total. The van der Waals surface area contributed by atoms with Crippen LogP contribution in [0.3, 0.4) is 0 Å². The number of nitrogens with two attached hydrogens (primary N) is 1. The second-order valence-corrected chi connectivity index (χ2v) is 4.97. The molecule has 1 aliphatic carbocycles. The Morgan fingerprint density at radius 2 is 2.25 bits per heavy atom. The zero-order valence-electron chi connectivity index (χ0n) is 11.4. The summed E-state index contributed by atoms with van der Waals surface area (Å²) in [5.74, 6) is -0.000875. The fourth-order valence-corrected chi connectivity index (χ4v) is 1.75. The Morgan fingerprint density at radius 3 is 2.80 bits per heavy atom. The van der Waals surface area contributed by atoms with E-state index in [1.807, 2.05) is 6.92 Å². The summed E-state index contributed by atoms with van der Waals surface area (Å²) in [7, 11) is 0. The maximum absolute atomic E-state index is 13.0. The van der Waals surface area contributed by atoms with Gasteiger partial charge in [0.2, 0.25) is 5.91 Å². The predicted molar refractivity (Wildman–Crippen MR) is 77.5 cm³/mol. The van der Waals surface area contributed by atoms with Crippen LogP contribution in [-0.4, -0.2) is 24.1 Å². The number of halogens is 2. The fraction of sp³-hybridized carbons (Fsp3) is 0.500. The number of hydrogen-bond acceptors (Lipinski definition) is 3.